The molecule has 0 aromatic heterocycles. The number of hydrogen-bond acceptors (Lipinski definition) is 4. The van der Waals surface area contributed by atoms with Gasteiger partial charge in [-0.15, -0.1) is 0 Å². The Bertz CT molecular complexity index is 422. The van der Waals surface area contributed by atoms with E-state index in [9.17, 15) is 0 Å². The number of ether oxygens (including phenoxy) is 3. The summed E-state index contributed by atoms with van der Waals surface area (Å²) in [7, 11) is 0. The Labute approximate surface area is 107 Å². The van der Waals surface area contributed by atoms with Gasteiger partial charge in [-0.3, -0.25) is 0 Å². The lowest BCUT2D eigenvalue weighted by atomic mass is 10.0. The summed E-state index contributed by atoms with van der Waals surface area (Å²) in [6, 6.07) is 6.51. The van der Waals surface area contributed by atoms with Gasteiger partial charge in [0.1, 0.15) is 0 Å². The third-order valence-electron chi connectivity index (χ3n) is 3.57. The SMILES string of the molecule is CCC1CC(Nc2ccc3c(c2)OCO3)CCO1. The number of hydrogen-bond donors (Lipinski definition) is 1. The zero-order valence-electron chi connectivity index (χ0n) is 10.6. The maximum Gasteiger partial charge on any atom is 0.231 e. The fourth-order valence-corrected chi connectivity index (χ4v) is 2.52. The summed E-state index contributed by atoms with van der Waals surface area (Å²) in [6.45, 7) is 3.35. The van der Waals surface area contributed by atoms with Gasteiger partial charge in [-0.1, -0.05) is 6.92 Å². The fraction of sp³-hybridized carbons (Fsp3) is 0.571. The standard InChI is InChI=1S/C14H19NO3/c1-2-12-7-11(5-6-16-12)15-10-3-4-13-14(8-10)18-9-17-13/h3-4,8,11-12,15H,2,5-7,9H2,1H3. The van der Waals surface area contributed by atoms with Crippen molar-refractivity contribution in [3.05, 3.63) is 18.2 Å². The zero-order valence-corrected chi connectivity index (χ0v) is 10.6. The van der Waals surface area contributed by atoms with Crippen molar-refractivity contribution in [3.8, 4) is 11.5 Å². The minimum absolute atomic E-state index is 0.327. The number of nitrogens with one attached hydrogen (secondary N) is 1. The van der Waals surface area contributed by atoms with E-state index in [2.05, 4.69) is 12.2 Å². The van der Waals surface area contributed by atoms with Gasteiger partial charge in [-0.05, 0) is 31.4 Å². The highest BCUT2D eigenvalue weighted by molar-refractivity contribution is 5.56. The Morgan fingerprint density at radius 2 is 2.17 bits per heavy atom. The third kappa shape index (κ3) is 2.38. The summed E-state index contributed by atoms with van der Waals surface area (Å²) in [6.07, 6.45) is 3.61. The average Bonchev–Trinajstić information content (AvgIpc) is 2.86. The molecule has 4 nitrogen and oxygen atoms in total. The van der Waals surface area contributed by atoms with E-state index in [0.717, 1.165) is 43.1 Å². The topological polar surface area (TPSA) is 39.7 Å². The van der Waals surface area contributed by atoms with Crippen LogP contribution in [0.15, 0.2) is 18.2 Å². The maximum atomic E-state index is 5.68. The van der Waals surface area contributed by atoms with Crippen molar-refractivity contribution in [2.75, 3.05) is 18.7 Å². The van der Waals surface area contributed by atoms with Crippen LogP contribution in [0, 0.1) is 0 Å². The smallest absolute Gasteiger partial charge is 0.231 e. The van der Waals surface area contributed by atoms with E-state index in [-0.39, 0.29) is 0 Å². The maximum absolute atomic E-state index is 5.68. The lowest BCUT2D eigenvalue weighted by molar-refractivity contribution is 0.00925. The van der Waals surface area contributed by atoms with Crippen molar-refractivity contribution in [3.63, 3.8) is 0 Å². The highest BCUT2D eigenvalue weighted by Crippen LogP contribution is 2.34. The van der Waals surface area contributed by atoms with Crippen LogP contribution in [0.5, 0.6) is 11.5 Å². The first-order valence-electron chi connectivity index (χ1n) is 6.63. The Hall–Kier alpha value is -1.42. The van der Waals surface area contributed by atoms with Gasteiger partial charge in [-0.25, -0.2) is 0 Å². The molecule has 2 aliphatic rings. The highest BCUT2D eigenvalue weighted by atomic mass is 16.7. The van der Waals surface area contributed by atoms with Crippen LogP contribution in [-0.4, -0.2) is 25.5 Å². The quantitative estimate of drug-likeness (QED) is 0.894. The molecule has 1 saturated heterocycles. The Kier molecular flexibility index (Phi) is 3.28. The molecule has 1 fully saturated rings. The van der Waals surface area contributed by atoms with E-state index >= 15 is 0 Å². The normalized spacial score (nSPS) is 26.1. The first-order valence-corrected chi connectivity index (χ1v) is 6.63. The van der Waals surface area contributed by atoms with Gasteiger partial charge in [0.05, 0.1) is 6.10 Å². The summed E-state index contributed by atoms with van der Waals surface area (Å²) >= 11 is 0. The van der Waals surface area contributed by atoms with Gasteiger partial charge in [0.15, 0.2) is 11.5 Å². The summed E-state index contributed by atoms with van der Waals surface area (Å²) < 4.78 is 16.4. The molecule has 0 radical (unpaired) electrons. The molecule has 2 atom stereocenters. The average molecular weight is 249 g/mol. The monoisotopic (exact) mass is 249 g/mol. The minimum Gasteiger partial charge on any atom is -0.454 e. The predicted molar refractivity (Wildman–Crippen MR) is 69.2 cm³/mol. The molecule has 0 bridgehead atoms. The van der Waals surface area contributed by atoms with Crippen LogP contribution >= 0.6 is 0 Å². The van der Waals surface area contributed by atoms with Gasteiger partial charge in [0, 0.05) is 24.4 Å². The number of benzene rings is 1. The summed E-state index contributed by atoms with van der Waals surface area (Å²) in [5.41, 5.74) is 1.10. The highest BCUT2D eigenvalue weighted by Gasteiger charge is 2.22. The number of rotatable bonds is 3. The van der Waals surface area contributed by atoms with Crippen LogP contribution in [0.1, 0.15) is 26.2 Å². The van der Waals surface area contributed by atoms with Crippen LogP contribution < -0.4 is 14.8 Å². The van der Waals surface area contributed by atoms with Crippen molar-refractivity contribution in [2.45, 2.75) is 38.3 Å². The third-order valence-corrected chi connectivity index (χ3v) is 3.57. The molecule has 0 spiro atoms. The fourth-order valence-electron chi connectivity index (χ4n) is 2.52. The Morgan fingerprint density at radius 1 is 1.28 bits per heavy atom. The molecule has 4 heteroatoms. The van der Waals surface area contributed by atoms with Crippen molar-refractivity contribution < 1.29 is 14.2 Å². The molecule has 0 saturated carbocycles. The van der Waals surface area contributed by atoms with E-state index in [1.807, 2.05) is 18.2 Å². The van der Waals surface area contributed by atoms with E-state index < -0.39 is 0 Å². The van der Waals surface area contributed by atoms with Crippen molar-refractivity contribution in [1.29, 1.82) is 0 Å². The van der Waals surface area contributed by atoms with Crippen LogP contribution in [-0.2, 0) is 4.74 Å². The Morgan fingerprint density at radius 3 is 3.06 bits per heavy atom. The molecule has 2 aliphatic heterocycles. The van der Waals surface area contributed by atoms with Crippen LogP contribution in [0.25, 0.3) is 0 Å². The second kappa shape index (κ2) is 5.06. The molecular formula is C14H19NO3. The van der Waals surface area contributed by atoms with E-state index in [4.69, 9.17) is 14.2 Å². The van der Waals surface area contributed by atoms with Crippen molar-refractivity contribution >= 4 is 5.69 Å². The molecule has 18 heavy (non-hydrogen) atoms. The van der Waals surface area contributed by atoms with Gasteiger partial charge < -0.3 is 19.5 Å². The molecule has 0 amide bonds. The molecule has 98 valence electrons. The lowest BCUT2D eigenvalue weighted by Crippen LogP contribution is -2.33. The van der Waals surface area contributed by atoms with Gasteiger partial charge in [0.2, 0.25) is 6.79 Å². The lowest BCUT2D eigenvalue weighted by Gasteiger charge is -2.30. The van der Waals surface area contributed by atoms with Crippen LogP contribution in [0.2, 0.25) is 0 Å². The van der Waals surface area contributed by atoms with Crippen molar-refractivity contribution in [2.24, 2.45) is 0 Å². The molecule has 1 N–H and O–H groups in total. The van der Waals surface area contributed by atoms with Crippen molar-refractivity contribution in [1.82, 2.24) is 0 Å². The zero-order chi connectivity index (χ0) is 12.4. The molecule has 2 unspecified atom stereocenters. The molecule has 1 aromatic rings. The van der Waals surface area contributed by atoms with Crippen LogP contribution in [0.3, 0.4) is 0 Å². The second-order valence-electron chi connectivity index (χ2n) is 4.83. The predicted octanol–water partition coefficient (Wildman–Crippen LogP) is 2.78. The number of fused-ring (bicyclic) bond motifs is 1. The summed E-state index contributed by atoms with van der Waals surface area (Å²) in [5, 5.41) is 3.56. The van der Waals surface area contributed by atoms with E-state index in [1.54, 1.807) is 0 Å². The molecule has 1 aromatic carbocycles. The molecule has 3 rings (SSSR count). The minimum atomic E-state index is 0.327. The summed E-state index contributed by atoms with van der Waals surface area (Å²) in [4.78, 5) is 0. The first kappa shape index (κ1) is 11.7. The van der Waals surface area contributed by atoms with E-state index in [0.29, 0.717) is 18.9 Å². The first-order chi connectivity index (χ1) is 8.85. The largest absolute Gasteiger partial charge is 0.454 e. The second-order valence-corrected chi connectivity index (χ2v) is 4.83. The van der Waals surface area contributed by atoms with Gasteiger partial charge in [-0.2, -0.15) is 0 Å². The molecular weight excluding hydrogens is 230 g/mol. The molecule has 2 heterocycles. The van der Waals surface area contributed by atoms with Crippen LogP contribution in [0.4, 0.5) is 5.69 Å². The number of anilines is 1. The van der Waals surface area contributed by atoms with Gasteiger partial charge >= 0.3 is 0 Å². The van der Waals surface area contributed by atoms with E-state index in [1.165, 1.54) is 0 Å². The Balaban J connectivity index is 1.65. The van der Waals surface area contributed by atoms with Gasteiger partial charge in [0.25, 0.3) is 0 Å². The summed E-state index contributed by atoms with van der Waals surface area (Å²) in [5.74, 6) is 1.66. The molecule has 0 aliphatic carbocycles.